The number of carbonyl (C=O) groups is 3. The molecule has 0 radical (unpaired) electrons. The summed E-state index contributed by atoms with van der Waals surface area (Å²) < 4.78 is 48.6. The third kappa shape index (κ3) is 9.35. The zero-order valence-electron chi connectivity index (χ0n) is 45.6. The lowest BCUT2D eigenvalue weighted by Crippen LogP contribution is -2.76. The van der Waals surface area contributed by atoms with Gasteiger partial charge in [-0.2, -0.15) is 0 Å². The average molecular weight is 1100 g/mol. The van der Waals surface area contributed by atoms with Gasteiger partial charge in [-0.15, -0.1) is 0 Å². The van der Waals surface area contributed by atoms with Crippen molar-refractivity contribution in [2.24, 2.45) is 50.2 Å². The van der Waals surface area contributed by atoms with Crippen LogP contribution in [-0.4, -0.2) is 216 Å². The largest absolute Gasteiger partial charge is 0.479 e. The molecule has 0 aromatic carbocycles. The molecule has 0 aromatic heterocycles. The van der Waals surface area contributed by atoms with Gasteiger partial charge in [-0.05, 0) is 86.4 Å². The van der Waals surface area contributed by atoms with Gasteiger partial charge in [0.05, 0.1) is 43.5 Å². The Morgan fingerprint density at radius 2 is 1.26 bits per heavy atom. The Morgan fingerprint density at radius 3 is 1.82 bits per heavy atom. The van der Waals surface area contributed by atoms with Gasteiger partial charge in [-0.25, -0.2) is 9.59 Å². The van der Waals surface area contributed by atoms with Crippen LogP contribution >= 0.6 is 0 Å². The summed E-state index contributed by atoms with van der Waals surface area (Å²) in [7, 11) is 0. The minimum atomic E-state index is -2.12. The van der Waals surface area contributed by atoms with Gasteiger partial charge in [0.25, 0.3) is 0 Å². The normalized spacial score (nSPS) is 50.2. The smallest absolute Gasteiger partial charge is 0.335 e. The van der Waals surface area contributed by atoms with Crippen molar-refractivity contribution in [3.05, 3.63) is 23.3 Å². The van der Waals surface area contributed by atoms with Gasteiger partial charge in [-0.3, -0.25) is 4.79 Å². The number of carboxylic acid groups (broad SMARTS) is 1. The molecule has 77 heavy (non-hydrogen) atoms. The summed E-state index contributed by atoms with van der Waals surface area (Å²) in [6, 6.07) is 0. The van der Waals surface area contributed by atoms with Gasteiger partial charge in [0.2, 0.25) is 0 Å². The summed E-state index contributed by atoms with van der Waals surface area (Å²) in [5.41, 5.74) is -4.51. The molecular weight excluding hydrogens is 1020 g/mol. The SMILES string of the molecule is C/C=C(\C)C(=O)O[C@H]1[C@H](OC(C)=O)[C@]2(CO)[C@H](O)[C@H](O)[C@]3(C)C(=CC[C@@H]4[C@@]5(C)CC[C@H](O[C@@H]6O[C@H](C(=O)O)[C@@H](O)[C@H](O[C@@H]7O[C@@H](CO)[C@H](O)[C@H]7O)[C@H]6O[C@@H]6O[C@H](CO)[C@@H](O)[C@H](O)[C@H]6O)C(C)(C)[C@@H]5CC[C@]43C)[C@@H]2CC1(C)C. The van der Waals surface area contributed by atoms with E-state index in [1.165, 1.54) is 6.92 Å². The monoisotopic (exact) mass is 1100 g/mol. The Kier molecular flexibility index (Phi) is 16.8. The molecule has 3 heterocycles. The van der Waals surface area contributed by atoms with Crippen LogP contribution in [0, 0.1) is 50.2 Å². The highest BCUT2D eigenvalue weighted by Gasteiger charge is 2.76. The zero-order chi connectivity index (χ0) is 57.0. The van der Waals surface area contributed by atoms with Crippen LogP contribution in [0.1, 0.15) is 108 Å². The van der Waals surface area contributed by atoms with E-state index in [1.807, 2.05) is 34.6 Å². The van der Waals surface area contributed by atoms with E-state index >= 15 is 0 Å². The first-order chi connectivity index (χ1) is 35.9. The van der Waals surface area contributed by atoms with Crippen molar-refractivity contribution in [3.63, 3.8) is 0 Å². The molecule has 0 amide bonds. The lowest BCUT2D eigenvalue weighted by molar-refractivity contribution is -0.386. The van der Waals surface area contributed by atoms with E-state index in [0.29, 0.717) is 44.1 Å². The van der Waals surface area contributed by atoms with Crippen LogP contribution in [-0.2, 0) is 52.3 Å². The lowest BCUT2D eigenvalue weighted by Gasteiger charge is -2.73. The number of esters is 2. The second kappa shape index (κ2) is 21.5. The highest BCUT2D eigenvalue weighted by molar-refractivity contribution is 5.87. The molecule has 0 spiro atoms. The van der Waals surface area contributed by atoms with Crippen molar-refractivity contribution in [2.45, 2.75) is 224 Å². The fraction of sp³-hybridized carbons (Fsp3) is 0.870. The van der Waals surface area contributed by atoms with Crippen LogP contribution in [0.25, 0.3) is 0 Å². The molecule has 12 N–H and O–H groups in total. The first-order valence-corrected chi connectivity index (χ1v) is 27.0. The van der Waals surface area contributed by atoms with Crippen molar-refractivity contribution >= 4 is 17.9 Å². The second-order valence-corrected chi connectivity index (χ2v) is 25.2. The third-order valence-electron chi connectivity index (χ3n) is 20.7. The van der Waals surface area contributed by atoms with E-state index in [0.717, 1.165) is 5.57 Å². The summed E-state index contributed by atoms with van der Waals surface area (Å²) in [5, 5.41) is 133. The average Bonchev–Trinajstić information content (AvgIpc) is 3.65. The maximum Gasteiger partial charge on any atom is 0.335 e. The van der Waals surface area contributed by atoms with Crippen LogP contribution in [0.4, 0.5) is 0 Å². The molecule has 26 atom stereocenters. The second-order valence-electron chi connectivity index (χ2n) is 25.2. The molecule has 7 fully saturated rings. The fourth-order valence-electron chi connectivity index (χ4n) is 16.1. The van der Waals surface area contributed by atoms with E-state index in [2.05, 4.69) is 19.9 Å². The van der Waals surface area contributed by atoms with E-state index < -0.39 is 193 Å². The van der Waals surface area contributed by atoms with Gasteiger partial charge in [0, 0.05) is 23.3 Å². The molecule has 23 heteroatoms. The number of fused-ring (bicyclic) bond motifs is 7. The Hall–Kier alpha value is -2.79. The number of carbonyl (C=O) groups excluding carboxylic acids is 2. The summed E-state index contributed by atoms with van der Waals surface area (Å²) in [4.78, 5) is 39.3. The van der Waals surface area contributed by atoms with E-state index in [1.54, 1.807) is 19.9 Å². The van der Waals surface area contributed by atoms with Crippen molar-refractivity contribution in [1.82, 2.24) is 0 Å². The molecule has 5 aliphatic carbocycles. The Labute approximate surface area is 448 Å². The number of aliphatic hydroxyl groups excluding tert-OH is 11. The van der Waals surface area contributed by atoms with Crippen molar-refractivity contribution < 1.29 is 114 Å². The minimum absolute atomic E-state index is 0.141. The minimum Gasteiger partial charge on any atom is -0.479 e. The molecule has 8 rings (SSSR count). The van der Waals surface area contributed by atoms with E-state index in [4.69, 9.17) is 37.9 Å². The summed E-state index contributed by atoms with van der Waals surface area (Å²) in [5.74, 6) is -3.94. The first kappa shape index (κ1) is 60.3. The molecule has 8 aliphatic rings. The molecule has 23 nitrogen and oxygen atoms in total. The number of aliphatic carboxylic acids is 1. The molecule has 438 valence electrons. The number of ether oxygens (including phenoxy) is 8. The molecule has 3 aliphatic heterocycles. The highest BCUT2D eigenvalue weighted by Crippen LogP contribution is 2.76. The maximum atomic E-state index is 13.4. The summed E-state index contributed by atoms with van der Waals surface area (Å²) in [6.07, 6.45) is -25.3. The van der Waals surface area contributed by atoms with Crippen LogP contribution in [0.3, 0.4) is 0 Å². The predicted octanol–water partition coefficient (Wildman–Crippen LogP) is -0.684. The Balaban J connectivity index is 1.13. The zero-order valence-corrected chi connectivity index (χ0v) is 45.6. The maximum absolute atomic E-state index is 13.4. The van der Waals surface area contributed by atoms with E-state index in [9.17, 15) is 75.7 Å². The lowest BCUT2D eigenvalue weighted by atomic mass is 9.32. The quantitative estimate of drug-likeness (QED) is 0.0470. The van der Waals surface area contributed by atoms with Crippen molar-refractivity contribution in [3.8, 4) is 0 Å². The van der Waals surface area contributed by atoms with Gasteiger partial charge < -0.3 is 99.2 Å². The van der Waals surface area contributed by atoms with Crippen molar-refractivity contribution in [2.75, 3.05) is 19.8 Å². The standard InChI is InChI=1S/C54H84O23/c1-11-22(2)45(69)77-42-43(70-23(3)58)54(21-57)25(18-49(42,4)5)24-12-13-29-51(8)16-15-30(50(6,7)28(51)14-17-52(29,9)53(24,10)40(65)41(54)66)73-48-39(76-47-35(63)33(61)31(59)26(19-55)71-47)37(36(64)38(75-48)44(67)68)74-46-34(62)32(60)27(20-56)72-46/h11-12,25-43,46-48,55-57,59-66H,13-21H2,1-10H3,(H,67,68)/b22-11+/t25-,26+,27-,28-,29+,30-,31+,32-,33-,34+,35+,36-,37-,38-,39+,40-,41+,42-,43-,46-,47-,48+,51-,52+,53-,54-/m0/s1. The number of hydrogen-bond donors (Lipinski definition) is 12. The highest BCUT2D eigenvalue weighted by atomic mass is 16.8. The molecule has 0 aromatic rings. The number of rotatable bonds is 13. The predicted molar refractivity (Wildman–Crippen MR) is 263 cm³/mol. The van der Waals surface area contributed by atoms with Gasteiger partial charge in [0.15, 0.2) is 31.1 Å². The Morgan fingerprint density at radius 1 is 0.675 bits per heavy atom. The molecule has 4 saturated carbocycles. The molecule has 0 unspecified atom stereocenters. The number of allylic oxidation sites excluding steroid dienone is 2. The number of carboxylic acids is 1. The number of hydrogen-bond acceptors (Lipinski definition) is 22. The van der Waals surface area contributed by atoms with Gasteiger partial charge in [0.1, 0.15) is 67.1 Å². The first-order valence-electron chi connectivity index (χ1n) is 27.0. The topological polar surface area (TPSA) is 368 Å². The summed E-state index contributed by atoms with van der Waals surface area (Å²) >= 11 is 0. The molecular formula is C54H84O23. The van der Waals surface area contributed by atoms with Crippen LogP contribution in [0.15, 0.2) is 23.3 Å². The Bertz CT molecular complexity index is 2250. The van der Waals surface area contributed by atoms with Gasteiger partial charge >= 0.3 is 17.9 Å². The van der Waals surface area contributed by atoms with Crippen LogP contribution in [0.2, 0.25) is 0 Å². The van der Waals surface area contributed by atoms with Crippen LogP contribution < -0.4 is 0 Å². The summed E-state index contributed by atoms with van der Waals surface area (Å²) in [6.45, 7) is 16.3. The third-order valence-corrected chi connectivity index (χ3v) is 20.7. The fourth-order valence-corrected chi connectivity index (χ4v) is 16.1. The number of aliphatic hydroxyl groups is 11. The van der Waals surface area contributed by atoms with Crippen LogP contribution in [0.5, 0.6) is 0 Å². The van der Waals surface area contributed by atoms with Crippen molar-refractivity contribution in [1.29, 1.82) is 0 Å². The van der Waals surface area contributed by atoms with Gasteiger partial charge in [-0.1, -0.05) is 66.2 Å². The van der Waals surface area contributed by atoms with E-state index in [-0.39, 0.29) is 11.8 Å². The molecule has 3 saturated heterocycles. The molecule has 0 bridgehead atoms.